The lowest BCUT2D eigenvalue weighted by Gasteiger charge is -2.22. The van der Waals surface area contributed by atoms with Crippen molar-refractivity contribution in [1.29, 1.82) is 0 Å². The van der Waals surface area contributed by atoms with E-state index in [1.165, 1.54) is 7.11 Å². The topological polar surface area (TPSA) is 35.5 Å². The molecule has 0 aromatic heterocycles. The van der Waals surface area contributed by atoms with Gasteiger partial charge in [0.2, 0.25) is 0 Å². The SMILES string of the molecule is CC#CC(C)(CCCCl)OC(=O)OC. The van der Waals surface area contributed by atoms with Gasteiger partial charge in [-0.3, -0.25) is 0 Å². The number of hydrogen-bond acceptors (Lipinski definition) is 3. The molecular weight excluding hydrogens is 204 g/mol. The smallest absolute Gasteiger partial charge is 0.438 e. The minimum atomic E-state index is -0.795. The summed E-state index contributed by atoms with van der Waals surface area (Å²) in [4.78, 5) is 10.9. The van der Waals surface area contributed by atoms with Gasteiger partial charge < -0.3 is 9.47 Å². The van der Waals surface area contributed by atoms with E-state index in [-0.39, 0.29) is 0 Å². The summed E-state index contributed by atoms with van der Waals surface area (Å²) in [6.07, 6.45) is 0.626. The van der Waals surface area contributed by atoms with E-state index in [1.807, 2.05) is 0 Å². The third-order valence-corrected chi connectivity index (χ3v) is 1.92. The van der Waals surface area contributed by atoms with Gasteiger partial charge in [0.15, 0.2) is 5.60 Å². The van der Waals surface area contributed by atoms with Gasteiger partial charge in [-0.15, -0.1) is 17.5 Å². The molecule has 14 heavy (non-hydrogen) atoms. The monoisotopic (exact) mass is 218 g/mol. The summed E-state index contributed by atoms with van der Waals surface area (Å²) in [5.41, 5.74) is -0.795. The summed E-state index contributed by atoms with van der Waals surface area (Å²) in [7, 11) is 1.27. The van der Waals surface area contributed by atoms with Crippen molar-refractivity contribution in [1.82, 2.24) is 0 Å². The van der Waals surface area contributed by atoms with Crippen LogP contribution >= 0.6 is 11.6 Å². The third-order valence-electron chi connectivity index (χ3n) is 1.65. The van der Waals surface area contributed by atoms with Crippen molar-refractivity contribution in [2.24, 2.45) is 0 Å². The van der Waals surface area contributed by atoms with Crippen molar-refractivity contribution in [2.45, 2.75) is 32.3 Å². The molecule has 0 amide bonds. The van der Waals surface area contributed by atoms with Gasteiger partial charge in [0.25, 0.3) is 0 Å². The fourth-order valence-corrected chi connectivity index (χ4v) is 1.17. The highest BCUT2D eigenvalue weighted by atomic mass is 35.5. The van der Waals surface area contributed by atoms with Crippen LogP contribution in [0.5, 0.6) is 0 Å². The quantitative estimate of drug-likeness (QED) is 0.413. The van der Waals surface area contributed by atoms with Gasteiger partial charge in [-0.1, -0.05) is 5.92 Å². The molecule has 80 valence electrons. The lowest BCUT2D eigenvalue weighted by Crippen LogP contribution is -2.30. The molecule has 3 nitrogen and oxygen atoms in total. The Morgan fingerprint density at radius 1 is 1.57 bits per heavy atom. The molecule has 0 radical (unpaired) electrons. The lowest BCUT2D eigenvalue weighted by atomic mass is 10.0. The summed E-state index contributed by atoms with van der Waals surface area (Å²) in [6, 6.07) is 0. The predicted octanol–water partition coefficient (Wildman–Crippen LogP) is 2.57. The number of alkyl halides is 1. The van der Waals surface area contributed by atoms with Crippen LogP contribution in [-0.2, 0) is 9.47 Å². The average Bonchev–Trinajstić information content (AvgIpc) is 2.15. The Balaban J connectivity index is 4.35. The molecule has 0 aliphatic rings. The van der Waals surface area contributed by atoms with Crippen molar-refractivity contribution in [3.63, 3.8) is 0 Å². The fourth-order valence-electron chi connectivity index (χ4n) is 1.03. The van der Waals surface area contributed by atoms with Crippen LogP contribution in [0.4, 0.5) is 4.79 Å². The minimum absolute atomic E-state index is 0.519. The summed E-state index contributed by atoms with van der Waals surface area (Å²) in [5, 5.41) is 0. The molecule has 0 bridgehead atoms. The van der Waals surface area contributed by atoms with Gasteiger partial charge >= 0.3 is 6.16 Å². The van der Waals surface area contributed by atoms with Crippen molar-refractivity contribution < 1.29 is 14.3 Å². The van der Waals surface area contributed by atoms with E-state index >= 15 is 0 Å². The maximum atomic E-state index is 10.9. The zero-order valence-corrected chi connectivity index (χ0v) is 9.48. The zero-order chi connectivity index (χ0) is 11.0. The second kappa shape index (κ2) is 6.56. The second-order valence-corrected chi connectivity index (χ2v) is 3.33. The molecule has 1 unspecified atom stereocenters. The maximum absolute atomic E-state index is 10.9. The molecule has 0 saturated heterocycles. The van der Waals surface area contributed by atoms with E-state index in [4.69, 9.17) is 16.3 Å². The first-order valence-corrected chi connectivity index (χ1v) is 4.88. The molecule has 0 saturated carbocycles. The molecule has 0 aliphatic heterocycles. The largest absolute Gasteiger partial charge is 0.509 e. The summed E-state index contributed by atoms with van der Waals surface area (Å²) >= 11 is 5.56. The molecule has 0 fully saturated rings. The lowest BCUT2D eigenvalue weighted by molar-refractivity contribution is 0.00943. The normalized spacial score (nSPS) is 13.4. The molecule has 0 rings (SSSR count). The van der Waals surface area contributed by atoms with Gasteiger partial charge in [0, 0.05) is 5.88 Å². The van der Waals surface area contributed by atoms with E-state index in [0.717, 1.165) is 6.42 Å². The number of methoxy groups -OCH3 is 1. The van der Waals surface area contributed by atoms with Crippen LogP contribution in [0.1, 0.15) is 26.7 Å². The first-order valence-electron chi connectivity index (χ1n) is 4.35. The number of rotatable bonds is 4. The molecule has 1 atom stereocenters. The molecular formula is C10H15ClO3. The van der Waals surface area contributed by atoms with Gasteiger partial charge in [-0.25, -0.2) is 4.79 Å². The number of carbonyl (C=O) groups is 1. The molecule has 0 spiro atoms. The van der Waals surface area contributed by atoms with Crippen LogP contribution in [0.3, 0.4) is 0 Å². The van der Waals surface area contributed by atoms with Crippen LogP contribution in [-0.4, -0.2) is 24.7 Å². The first-order chi connectivity index (χ1) is 6.58. The van der Waals surface area contributed by atoms with Gasteiger partial charge in [0.1, 0.15) is 0 Å². The predicted molar refractivity (Wildman–Crippen MR) is 55.3 cm³/mol. The highest BCUT2D eigenvalue weighted by Crippen LogP contribution is 2.18. The molecule has 4 heteroatoms. The van der Waals surface area contributed by atoms with Gasteiger partial charge in [-0.2, -0.15) is 0 Å². The van der Waals surface area contributed by atoms with Crippen molar-refractivity contribution >= 4 is 17.8 Å². The van der Waals surface area contributed by atoms with Crippen molar-refractivity contribution in [2.75, 3.05) is 13.0 Å². The van der Waals surface area contributed by atoms with Crippen molar-refractivity contribution in [3.05, 3.63) is 0 Å². The Morgan fingerprint density at radius 3 is 2.64 bits per heavy atom. The zero-order valence-electron chi connectivity index (χ0n) is 8.72. The average molecular weight is 219 g/mol. The van der Waals surface area contributed by atoms with Crippen molar-refractivity contribution in [3.8, 4) is 11.8 Å². The second-order valence-electron chi connectivity index (χ2n) is 2.95. The molecule has 0 heterocycles. The molecule has 0 aromatic rings. The van der Waals surface area contributed by atoms with E-state index in [9.17, 15) is 4.79 Å². The Bertz CT molecular complexity index is 241. The van der Waals surface area contributed by atoms with E-state index in [0.29, 0.717) is 12.3 Å². The minimum Gasteiger partial charge on any atom is -0.438 e. The first kappa shape index (κ1) is 13.1. The Morgan fingerprint density at radius 2 is 2.21 bits per heavy atom. The van der Waals surface area contributed by atoms with Crippen LogP contribution in [0.15, 0.2) is 0 Å². The number of ether oxygens (including phenoxy) is 2. The van der Waals surface area contributed by atoms with Crippen LogP contribution < -0.4 is 0 Å². The standard InChI is InChI=1S/C10H15ClO3/c1-4-6-10(2,7-5-8-11)14-9(12)13-3/h5,7-8H2,1-3H3. The summed E-state index contributed by atoms with van der Waals surface area (Å²) in [6.45, 7) is 3.44. The van der Waals surface area contributed by atoms with E-state index in [1.54, 1.807) is 13.8 Å². The van der Waals surface area contributed by atoms with Crippen LogP contribution in [0.25, 0.3) is 0 Å². The third kappa shape index (κ3) is 4.98. The Hall–Kier alpha value is -0.880. The van der Waals surface area contributed by atoms with E-state index < -0.39 is 11.8 Å². The number of halogens is 1. The van der Waals surface area contributed by atoms with Crippen LogP contribution in [0.2, 0.25) is 0 Å². The van der Waals surface area contributed by atoms with Gasteiger partial charge in [0.05, 0.1) is 7.11 Å². The molecule has 0 aromatic carbocycles. The maximum Gasteiger partial charge on any atom is 0.509 e. The number of carbonyl (C=O) groups excluding carboxylic acids is 1. The Labute approximate surface area is 89.7 Å². The highest BCUT2D eigenvalue weighted by molar-refractivity contribution is 6.17. The molecule has 0 aliphatic carbocycles. The highest BCUT2D eigenvalue weighted by Gasteiger charge is 2.26. The summed E-state index contributed by atoms with van der Waals surface area (Å²) in [5.74, 6) is 6.07. The molecule has 0 N–H and O–H groups in total. The summed E-state index contributed by atoms with van der Waals surface area (Å²) < 4.78 is 9.45. The van der Waals surface area contributed by atoms with Crippen LogP contribution in [0, 0.1) is 11.8 Å². The number of hydrogen-bond donors (Lipinski definition) is 0. The van der Waals surface area contributed by atoms with E-state index in [2.05, 4.69) is 16.6 Å². The van der Waals surface area contributed by atoms with Gasteiger partial charge in [-0.05, 0) is 26.7 Å². The Kier molecular flexibility index (Phi) is 6.14. The fraction of sp³-hybridized carbons (Fsp3) is 0.700.